The molecule has 0 spiro atoms. The number of aromatic nitrogens is 4. The van der Waals surface area contributed by atoms with E-state index >= 15 is 0 Å². The van der Waals surface area contributed by atoms with E-state index in [0.29, 0.717) is 5.82 Å². The molecule has 6 rings (SSSR count). The third-order valence-corrected chi connectivity index (χ3v) is 7.53. The maximum absolute atomic E-state index is 11.6. The van der Waals surface area contributed by atoms with Gasteiger partial charge in [0.25, 0.3) is 0 Å². The van der Waals surface area contributed by atoms with Crippen LogP contribution in [0.2, 0.25) is 0 Å². The zero-order valence-electron chi connectivity index (χ0n) is 19.5. The van der Waals surface area contributed by atoms with E-state index in [-0.39, 0.29) is 4.90 Å². The molecule has 3 heterocycles. The molecule has 0 aliphatic carbocycles. The van der Waals surface area contributed by atoms with Gasteiger partial charge in [-0.3, -0.25) is 14.9 Å². The Morgan fingerprint density at radius 1 is 0.889 bits per heavy atom. The van der Waals surface area contributed by atoms with Gasteiger partial charge in [0.1, 0.15) is 11.3 Å². The van der Waals surface area contributed by atoms with Crippen LogP contribution in [0.5, 0.6) is 0 Å². The zero-order chi connectivity index (χ0) is 24.7. The maximum atomic E-state index is 11.6. The second-order valence-electron chi connectivity index (χ2n) is 8.97. The number of benzene rings is 3. The monoisotopic (exact) mass is 499 g/mol. The van der Waals surface area contributed by atoms with Gasteiger partial charge in [0.05, 0.1) is 27.1 Å². The molecule has 0 radical (unpaired) electrons. The summed E-state index contributed by atoms with van der Waals surface area (Å²) in [6, 6.07) is 18.9. The van der Waals surface area contributed by atoms with Crippen molar-refractivity contribution in [2.24, 2.45) is 5.14 Å². The number of para-hydroxylation sites is 1. The summed E-state index contributed by atoms with van der Waals surface area (Å²) < 4.78 is 23.1. The van der Waals surface area contributed by atoms with Gasteiger partial charge in [-0.05, 0) is 54.1 Å². The first-order valence-electron chi connectivity index (χ1n) is 11.7. The fourth-order valence-electron chi connectivity index (χ4n) is 4.72. The number of fused-ring (bicyclic) bond motifs is 2. The number of nitrogens with two attached hydrogens (primary N) is 1. The Bertz CT molecular complexity index is 1660. The molecule has 1 fully saturated rings. The summed E-state index contributed by atoms with van der Waals surface area (Å²) in [5.74, 6) is 0.691. The third-order valence-electron chi connectivity index (χ3n) is 6.60. The van der Waals surface area contributed by atoms with E-state index in [2.05, 4.69) is 43.0 Å². The number of imidazole rings is 1. The molecular formula is C26H25N7O2S. The predicted octanol–water partition coefficient (Wildman–Crippen LogP) is 3.14. The number of primary sulfonamides is 1. The van der Waals surface area contributed by atoms with Gasteiger partial charge in [0.15, 0.2) is 0 Å². The molecule has 3 N–H and O–H groups in total. The van der Waals surface area contributed by atoms with Gasteiger partial charge < -0.3 is 9.88 Å². The first-order valence-corrected chi connectivity index (χ1v) is 13.3. The quantitative estimate of drug-likeness (QED) is 0.381. The average Bonchev–Trinajstić information content (AvgIpc) is 3.33. The van der Waals surface area contributed by atoms with Crippen LogP contribution in [-0.2, 0) is 16.6 Å². The summed E-state index contributed by atoms with van der Waals surface area (Å²) in [6.45, 7) is 4.57. The molecule has 0 saturated carbocycles. The topological polar surface area (TPSA) is 121 Å². The number of piperazine rings is 1. The smallest absolute Gasteiger partial charge is 0.238 e. The molecule has 3 aromatic carbocycles. The van der Waals surface area contributed by atoms with Gasteiger partial charge >= 0.3 is 0 Å². The molecule has 1 aliphatic rings. The molecule has 5 aromatic rings. The van der Waals surface area contributed by atoms with Crippen LogP contribution in [0, 0.1) is 0 Å². The van der Waals surface area contributed by atoms with Crippen molar-refractivity contribution in [3.05, 3.63) is 78.6 Å². The highest BCUT2D eigenvalue weighted by atomic mass is 32.2. The molecule has 182 valence electrons. The van der Waals surface area contributed by atoms with Crippen molar-refractivity contribution in [3.63, 3.8) is 0 Å². The molecule has 1 aliphatic heterocycles. The molecule has 0 atom stereocenters. The SMILES string of the molecule is NS(=O)(=O)c1ccc(-c2nc3c(N4CCN(Cc5ccc6nccnc6c5)CC4)cccc3[nH]2)cc1. The van der Waals surface area contributed by atoms with Gasteiger partial charge in [0.2, 0.25) is 10.0 Å². The minimum atomic E-state index is -3.73. The number of rotatable bonds is 5. The van der Waals surface area contributed by atoms with Crippen molar-refractivity contribution < 1.29 is 8.42 Å². The maximum Gasteiger partial charge on any atom is 0.238 e. The van der Waals surface area contributed by atoms with Gasteiger partial charge in [-0.1, -0.05) is 12.1 Å². The molecule has 0 unspecified atom stereocenters. The molecule has 2 aromatic heterocycles. The number of aromatic amines is 1. The highest BCUT2D eigenvalue weighted by Crippen LogP contribution is 2.29. The molecule has 10 heteroatoms. The predicted molar refractivity (Wildman–Crippen MR) is 140 cm³/mol. The standard InChI is InChI=1S/C26H25N7O2S/c27-36(34,35)20-7-5-19(6-8-20)26-30-22-2-1-3-24(25(22)31-26)33-14-12-32(13-15-33)17-18-4-9-21-23(16-18)29-11-10-28-21/h1-11,16H,12-15,17H2,(H,30,31)(H2,27,34,35). The van der Waals surface area contributed by atoms with Crippen molar-refractivity contribution >= 4 is 37.8 Å². The fraction of sp³-hybridized carbons (Fsp3) is 0.192. The average molecular weight is 500 g/mol. The van der Waals surface area contributed by atoms with Crippen molar-refractivity contribution in [2.75, 3.05) is 31.1 Å². The highest BCUT2D eigenvalue weighted by molar-refractivity contribution is 7.89. The van der Waals surface area contributed by atoms with Gasteiger partial charge in [-0.25, -0.2) is 18.5 Å². The summed E-state index contributed by atoms with van der Waals surface area (Å²) in [4.78, 5) is 21.9. The molecule has 0 bridgehead atoms. The van der Waals surface area contributed by atoms with Crippen LogP contribution < -0.4 is 10.0 Å². The summed E-state index contributed by atoms with van der Waals surface area (Å²) in [6.07, 6.45) is 3.44. The summed E-state index contributed by atoms with van der Waals surface area (Å²) in [7, 11) is -3.73. The third kappa shape index (κ3) is 4.41. The molecule has 9 nitrogen and oxygen atoms in total. The second kappa shape index (κ2) is 8.98. The Labute approximate surface area is 208 Å². The van der Waals surface area contributed by atoms with E-state index < -0.39 is 10.0 Å². The van der Waals surface area contributed by atoms with Crippen molar-refractivity contribution in [2.45, 2.75) is 11.4 Å². The Morgan fingerprint density at radius 3 is 2.39 bits per heavy atom. The van der Waals surface area contributed by atoms with Gasteiger partial charge in [-0.15, -0.1) is 0 Å². The van der Waals surface area contributed by atoms with Gasteiger partial charge in [0, 0.05) is 50.7 Å². The Kier molecular flexibility index (Phi) is 5.63. The minimum Gasteiger partial charge on any atom is -0.367 e. The van der Waals surface area contributed by atoms with Crippen LogP contribution in [0.4, 0.5) is 5.69 Å². The van der Waals surface area contributed by atoms with Crippen LogP contribution in [0.25, 0.3) is 33.5 Å². The van der Waals surface area contributed by atoms with Crippen LogP contribution in [0.1, 0.15) is 5.56 Å². The van der Waals surface area contributed by atoms with Crippen LogP contribution in [0.15, 0.2) is 78.0 Å². The normalized spacial score (nSPS) is 15.1. The number of H-pyrrole nitrogens is 1. The molecule has 1 saturated heterocycles. The number of sulfonamides is 1. The van der Waals surface area contributed by atoms with E-state index in [4.69, 9.17) is 10.1 Å². The number of hydrogen-bond donors (Lipinski definition) is 2. The van der Waals surface area contributed by atoms with Crippen LogP contribution in [0.3, 0.4) is 0 Å². The van der Waals surface area contributed by atoms with E-state index in [1.165, 1.54) is 17.7 Å². The van der Waals surface area contributed by atoms with E-state index in [0.717, 1.165) is 66.0 Å². The highest BCUT2D eigenvalue weighted by Gasteiger charge is 2.21. The first kappa shape index (κ1) is 22.6. The lowest BCUT2D eigenvalue weighted by atomic mass is 10.1. The largest absolute Gasteiger partial charge is 0.367 e. The lowest BCUT2D eigenvalue weighted by Crippen LogP contribution is -2.46. The van der Waals surface area contributed by atoms with E-state index in [1.807, 2.05) is 18.2 Å². The molecule has 0 amide bonds. The fourth-order valence-corrected chi connectivity index (χ4v) is 5.24. The lowest BCUT2D eigenvalue weighted by molar-refractivity contribution is 0.250. The number of anilines is 1. The lowest BCUT2D eigenvalue weighted by Gasteiger charge is -2.36. The molecular weight excluding hydrogens is 474 g/mol. The second-order valence-corrected chi connectivity index (χ2v) is 10.5. The number of nitrogens with one attached hydrogen (secondary N) is 1. The zero-order valence-corrected chi connectivity index (χ0v) is 20.3. The number of hydrogen-bond acceptors (Lipinski definition) is 7. The Hall–Kier alpha value is -3.86. The van der Waals surface area contributed by atoms with Crippen molar-refractivity contribution in [1.29, 1.82) is 0 Å². The number of nitrogens with zero attached hydrogens (tertiary/aromatic N) is 5. The summed E-state index contributed by atoms with van der Waals surface area (Å²) in [5, 5.41) is 5.22. The van der Waals surface area contributed by atoms with Crippen LogP contribution in [-0.4, -0.2) is 59.4 Å². The Morgan fingerprint density at radius 2 is 1.64 bits per heavy atom. The Balaban J connectivity index is 1.18. The van der Waals surface area contributed by atoms with E-state index in [9.17, 15) is 8.42 Å². The molecule has 36 heavy (non-hydrogen) atoms. The minimum absolute atomic E-state index is 0.0811. The first-order chi connectivity index (χ1) is 17.4. The van der Waals surface area contributed by atoms with Gasteiger partial charge in [-0.2, -0.15) is 0 Å². The summed E-state index contributed by atoms with van der Waals surface area (Å²) in [5.41, 5.74) is 6.82. The van der Waals surface area contributed by atoms with Crippen LogP contribution >= 0.6 is 0 Å². The summed E-state index contributed by atoms with van der Waals surface area (Å²) >= 11 is 0. The van der Waals surface area contributed by atoms with E-state index in [1.54, 1.807) is 24.5 Å². The van der Waals surface area contributed by atoms with Crippen molar-refractivity contribution in [1.82, 2.24) is 24.8 Å². The van der Waals surface area contributed by atoms with Crippen molar-refractivity contribution in [3.8, 4) is 11.4 Å².